The number of hydrogen-bond acceptors (Lipinski definition) is 4. The van der Waals surface area contributed by atoms with Crippen molar-refractivity contribution < 1.29 is 13.2 Å². The third-order valence-corrected chi connectivity index (χ3v) is 4.44. The standard InChI is InChI=1S/C13H20N2O3S/c1-9-3-6-11(7-13(9)19(14,16)17)15-12(8-18-2)10-4-5-10/h3,6-7,10,12,15H,4-5,8H2,1-2H3,(H2,14,16,17). The second kappa shape index (κ2) is 5.48. The van der Waals surface area contributed by atoms with Crippen LogP contribution in [-0.2, 0) is 14.8 Å². The molecule has 5 nitrogen and oxygen atoms in total. The maximum Gasteiger partial charge on any atom is 0.238 e. The highest BCUT2D eigenvalue weighted by Crippen LogP contribution is 2.34. The van der Waals surface area contributed by atoms with Crippen molar-refractivity contribution >= 4 is 15.7 Å². The Labute approximate surface area is 114 Å². The Hall–Kier alpha value is -1.11. The van der Waals surface area contributed by atoms with E-state index in [0.29, 0.717) is 18.1 Å². The van der Waals surface area contributed by atoms with Gasteiger partial charge in [-0.25, -0.2) is 13.6 Å². The maximum absolute atomic E-state index is 11.5. The minimum atomic E-state index is -3.68. The van der Waals surface area contributed by atoms with Gasteiger partial charge in [-0.15, -0.1) is 0 Å². The topological polar surface area (TPSA) is 81.4 Å². The molecule has 0 saturated heterocycles. The molecule has 0 radical (unpaired) electrons. The molecule has 1 aliphatic carbocycles. The number of aryl methyl sites for hydroxylation is 1. The van der Waals surface area contributed by atoms with Crippen LogP contribution in [0.25, 0.3) is 0 Å². The summed E-state index contributed by atoms with van der Waals surface area (Å²) in [7, 11) is -2.01. The average molecular weight is 284 g/mol. The zero-order chi connectivity index (χ0) is 14.0. The summed E-state index contributed by atoms with van der Waals surface area (Å²) < 4.78 is 28.2. The predicted molar refractivity (Wildman–Crippen MR) is 74.6 cm³/mol. The second-order valence-corrected chi connectivity index (χ2v) is 6.60. The second-order valence-electron chi connectivity index (χ2n) is 5.07. The first kappa shape index (κ1) is 14.3. The molecule has 2 rings (SSSR count). The van der Waals surface area contributed by atoms with Crippen LogP contribution in [0.1, 0.15) is 18.4 Å². The zero-order valence-electron chi connectivity index (χ0n) is 11.2. The lowest BCUT2D eigenvalue weighted by Crippen LogP contribution is -2.27. The predicted octanol–water partition coefficient (Wildman–Crippen LogP) is 1.48. The highest BCUT2D eigenvalue weighted by atomic mass is 32.2. The Morgan fingerprint density at radius 2 is 2.16 bits per heavy atom. The Kier molecular flexibility index (Phi) is 4.13. The summed E-state index contributed by atoms with van der Waals surface area (Å²) in [5, 5.41) is 8.54. The Morgan fingerprint density at radius 3 is 2.68 bits per heavy atom. The maximum atomic E-state index is 11.5. The number of nitrogens with one attached hydrogen (secondary N) is 1. The number of ether oxygens (including phenoxy) is 1. The van der Waals surface area contributed by atoms with Crippen LogP contribution in [0, 0.1) is 12.8 Å². The van der Waals surface area contributed by atoms with Crippen LogP contribution in [0.4, 0.5) is 5.69 Å². The van der Waals surface area contributed by atoms with Gasteiger partial charge in [0, 0.05) is 12.8 Å². The first-order valence-electron chi connectivity index (χ1n) is 6.30. The zero-order valence-corrected chi connectivity index (χ0v) is 12.0. The minimum absolute atomic E-state index is 0.171. The van der Waals surface area contributed by atoms with E-state index in [1.807, 2.05) is 6.07 Å². The monoisotopic (exact) mass is 284 g/mol. The molecule has 0 spiro atoms. The van der Waals surface area contributed by atoms with Crippen LogP contribution < -0.4 is 10.5 Å². The van der Waals surface area contributed by atoms with Crippen LogP contribution >= 0.6 is 0 Å². The largest absolute Gasteiger partial charge is 0.383 e. The molecule has 1 fully saturated rings. The molecular weight excluding hydrogens is 264 g/mol. The molecule has 0 amide bonds. The van der Waals surface area contributed by atoms with Gasteiger partial charge >= 0.3 is 0 Å². The van der Waals surface area contributed by atoms with E-state index in [1.54, 1.807) is 26.2 Å². The molecule has 0 bridgehead atoms. The van der Waals surface area contributed by atoms with Crippen molar-refractivity contribution in [3.8, 4) is 0 Å². The number of benzene rings is 1. The molecule has 1 atom stereocenters. The van der Waals surface area contributed by atoms with Crippen LogP contribution in [0.2, 0.25) is 0 Å². The molecule has 3 N–H and O–H groups in total. The van der Waals surface area contributed by atoms with E-state index in [-0.39, 0.29) is 10.9 Å². The van der Waals surface area contributed by atoms with Crippen molar-refractivity contribution in [2.45, 2.75) is 30.7 Å². The normalized spacial score (nSPS) is 17.2. The van der Waals surface area contributed by atoms with Crippen molar-refractivity contribution in [3.05, 3.63) is 23.8 Å². The molecule has 1 saturated carbocycles. The van der Waals surface area contributed by atoms with Crippen LogP contribution in [0.5, 0.6) is 0 Å². The number of anilines is 1. The number of sulfonamides is 1. The number of hydrogen-bond donors (Lipinski definition) is 2. The van der Waals surface area contributed by atoms with E-state index in [0.717, 1.165) is 5.69 Å². The van der Waals surface area contributed by atoms with Crippen molar-refractivity contribution in [1.29, 1.82) is 0 Å². The minimum Gasteiger partial charge on any atom is -0.383 e. The number of primary sulfonamides is 1. The summed E-state index contributed by atoms with van der Waals surface area (Å²) in [4.78, 5) is 0.171. The first-order valence-corrected chi connectivity index (χ1v) is 7.85. The van der Waals surface area contributed by atoms with E-state index < -0.39 is 10.0 Å². The summed E-state index contributed by atoms with van der Waals surface area (Å²) in [6.07, 6.45) is 2.38. The molecule has 1 unspecified atom stereocenters. The fourth-order valence-electron chi connectivity index (χ4n) is 2.18. The van der Waals surface area contributed by atoms with E-state index in [4.69, 9.17) is 9.88 Å². The molecule has 1 aromatic rings. The van der Waals surface area contributed by atoms with E-state index in [1.165, 1.54) is 12.8 Å². The lowest BCUT2D eigenvalue weighted by atomic mass is 10.1. The SMILES string of the molecule is COCC(Nc1ccc(C)c(S(N)(=O)=O)c1)C1CC1. The van der Waals surface area contributed by atoms with Gasteiger partial charge in [-0.2, -0.15) is 0 Å². The smallest absolute Gasteiger partial charge is 0.238 e. The van der Waals surface area contributed by atoms with Crippen LogP contribution in [0.3, 0.4) is 0 Å². The fraction of sp³-hybridized carbons (Fsp3) is 0.538. The van der Waals surface area contributed by atoms with Gasteiger partial charge in [0.1, 0.15) is 0 Å². The third-order valence-electron chi connectivity index (χ3n) is 3.38. The van der Waals surface area contributed by atoms with Crippen molar-refractivity contribution in [1.82, 2.24) is 0 Å². The Balaban J connectivity index is 2.20. The van der Waals surface area contributed by atoms with Crippen LogP contribution in [-0.4, -0.2) is 28.2 Å². The van der Waals surface area contributed by atoms with Gasteiger partial charge < -0.3 is 10.1 Å². The molecule has 0 heterocycles. The third kappa shape index (κ3) is 3.68. The summed E-state index contributed by atoms with van der Waals surface area (Å²) in [6.45, 7) is 2.35. The Morgan fingerprint density at radius 1 is 1.47 bits per heavy atom. The van der Waals surface area contributed by atoms with Gasteiger partial charge in [0.25, 0.3) is 0 Å². The molecule has 106 valence electrons. The van der Waals surface area contributed by atoms with Gasteiger partial charge in [-0.1, -0.05) is 6.07 Å². The number of nitrogens with two attached hydrogens (primary N) is 1. The van der Waals surface area contributed by atoms with Crippen molar-refractivity contribution in [2.75, 3.05) is 19.0 Å². The molecule has 1 aliphatic rings. The first-order chi connectivity index (χ1) is 8.91. The molecular formula is C13H20N2O3S. The van der Waals surface area contributed by atoms with Gasteiger partial charge in [0.15, 0.2) is 0 Å². The van der Waals surface area contributed by atoms with E-state index in [2.05, 4.69) is 5.32 Å². The summed E-state index contributed by atoms with van der Waals surface area (Å²) in [6, 6.07) is 5.45. The van der Waals surface area contributed by atoms with Gasteiger partial charge in [0.2, 0.25) is 10.0 Å². The summed E-state index contributed by atoms with van der Waals surface area (Å²) in [5.41, 5.74) is 1.42. The van der Waals surface area contributed by atoms with Gasteiger partial charge in [-0.05, 0) is 43.4 Å². The van der Waals surface area contributed by atoms with Gasteiger partial charge in [0.05, 0.1) is 17.5 Å². The molecule has 1 aromatic carbocycles. The molecule has 6 heteroatoms. The fourth-order valence-corrected chi connectivity index (χ4v) is 2.99. The van der Waals surface area contributed by atoms with E-state index >= 15 is 0 Å². The number of rotatable bonds is 6. The van der Waals surface area contributed by atoms with E-state index in [9.17, 15) is 8.42 Å². The summed E-state index contributed by atoms with van der Waals surface area (Å²) >= 11 is 0. The Bertz CT molecular complexity index is 553. The quantitative estimate of drug-likeness (QED) is 0.829. The highest BCUT2D eigenvalue weighted by molar-refractivity contribution is 7.89. The summed E-state index contributed by atoms with van der Waals surface area (Å²) in [5.74, 6) is 0.610. The van der Waals surface area contributed by atoms with Crippen LogP contribution in [0.15, 0.2) is 23.1 Å². The van der Waals surface area contributed by atoms with Crippen molar-refractivity contribution in [3.63, 3.8) is 0 Å². The lowest BCUT2D eigenvalue weighted by Gasteiger charge is -2.19. The molecule has 19 heavy (non-hydrogen) atoms. The highest BCUT2D eigenvalue weighted by Gasteiger charge is 2.31. The van der Waals surface area contributed by atoms with Crippen molar-refractivity contribution in [2.24, 2.45) is 11.1 Å². The molecule has 0 aliphatic heterocycles. The molecule has 0 aromatic heterocycles. The number of methoxy groups -OCH3 is 1. The average Bonchev–Trinajstić information content (AvgIpc) is 3.13. The van der Waals surface area contributed by atoms with Gasteiger partial charge in [-0.3, -0.25) is 0 Å². The lowest BCUT2D eigenvalue weighted by molar-refractivity contribution is 0.179.